The summed E-state index contributed by atoms with van der Waals surface area (Å²) in [5, 5.41) is 3.58. The highest BCUT2D eigenvalue weighted by molar-refractivity contribution is 4.80. The summed E-state index contributed by atoms with van der Waals surface area (Å²) < 4.78 is 0. The van der Waals surface area contributed by atoms with E-state index in [2.05, 4.69) is 29.0 Å². The van der Waals surface area contributed by atoms with Crippen molar-refractivity contribution in [1.82, 2.24) is 15.1 Å². The van der Waals surface area contributed by atoms with Crippen molar-refractivity contribution in [3.05, 3.63) is 0 Å². The molecule has 2 aliphatic rings. The van der Waals surface area contributed by atoms with Gasteiger partial charge in [-0.15, -0.1) is 0 Å². The zero-order chi connectivity index (χ0) is 13.5. The van der Waals surface area contributed by atoms with Gasteiger partial charge in [-0.3, -0.25) is 0 Å². The highest BCUT2D eigenvalue weighted by atomic mass is 15.3. The van der Waals surface area contributed by atoms with E-state index in [1.807, 2.05) is 0 Å². The molecule has 2 rings (SSSR count). The lowest BCUT2D eigenvalue weighted by Crippen LogP contribution is -2.47. The van der Waals surface area contributed by atoms with Crippen molar-refractivity contribution in [3.63, 3.8) is 0 Å². The van der Waals surface area contributed by atoms with Crippen LogP contribution in [0.3, 0.4) is 0 Å². The molecule has 3 nitrogen and oxygen atoms in total. The predicted molar refractivity (Wildman–Crippen MR) is 82.6 cm³/mol. The zero-order valence-electron chi connectivity index (χ0n) is 13.0. The van der Waals surface area contributed by atoms with Gasteiger partial charge in [-0.2, -0.15) is 0 Å². The maximum atomic E-state index is 3.58. The summed E-state index contributed by atoms with van der Waals surface area (Å²) in [4.78, 5) is 5.35. The van der Waals surface area contributed by atoms with E-state index in [0.717, 1.165) is 18.5 Å². The minimum Gasteiger partial charge on any atom is -0.314 e. The molecule has 1 N–H and O–H groups in total. The Morgan fingerprint density at radius 1 is 1.05 bits per heavy atom. The van der Waals surface area contributed by atoms with Gasteiger partial charge < -0.3 is 15.1 Å². The lowest BCUT2D eigenvalue weighted by Gasteiger charge is -2.35. The first kappa shape index (κ1) is 15.3. The molecule has 0 spiro atoms. The number of hydrogen-bond donors (Lipinski definition) is 1. The van der Waals surface area contributed by atoms with Crippen LogP contribution < -0.4 is 5.32 Å². The van der Waals surface area contributed by atoms with Gasteiger partial charge >= 0.3 is 0 Å². The average molecular weight is 267 g/mol. The fourth-order valence-corrected chi connectivity index (χ4v) is 3.16. The molecule has 1 atom stereocenters. The van der Waals surface area contributed by atoms with Crippen molar-refractivity contribution >= 4 is 0 Å². The molecule has 1 aliphatic heterocycles. The Hall–Kier alpha value is -0.120. The van der Waals surface area contributed by atoms with Crippen molar-refractivity contribution < 1.29 is 0 Å². The quantitative estimate of drug-likeness (QED) is 0.691. The Bertz CT molecular complexity index is 232. The molecule has 1 aliphatic carbocycles. The fourth-order valence-electron chi connectivity index (χ4n) is 3.16. The van der Waals surface area contributed by atoms with E-state index in [9.17, 15) is 0 Å². The summed E-state index contributed by atoms with van der Waals surface area (Å²) in [6.07, 6.45) is 6.94. The Labute approximate surface area is 119 Å². The monoisotopic (exact) mass is 267 g/mol. The Kier molecular flexibility index (Phi) is 6.62. The lowest BCUT2D eigenvalue weighted by atomic mass is 10.1. The Morgan fingerprint density at radius 3 is 2.32 bits per heavy atom. The third-order valence-electron chi connectivity index (χ3n) is 4.69. The summed E-state index contributed by atoms with van der Waals surface area (Å²) in [6.45, 7) is 13.5. The number of rotatable bonds is 9. The minimum atomic E-state index is 0.737. The molecular formula is C16H33N3. The molecule has 0 aromatic heterocycles. The highest BCUT2D eigenvalue weighted by Crippen LogP contribution is 2.29. The van der Waals surface area contributed by atoms with E-state index in [4.69, 9.17) is 0 Å². The van der Waals surface area contributed by atoms with Gasteiger partial charge in [-0.25, -0.2) is 0 Å². The molecule has 0 radical (unpaired) electrons. The lowest BCUT2D eigenvalue weighted by molar-refractivity contribution is 0.126. The molecule has 1 heterocycles. The van der Waals surface area contributed by atoms with E-state index in [-0.39, 0.29) is 0 Å². The molecule has 1 saturated heterocycles. The van der Waals surface area contributed by atoms with Crippen LogP contribution in [0.1, 0.15) is 46.0 Å². The van der Waals surface area contributed by atoms with Gasteiger partial charge in [0.1, 0.15) is 0 Å². The Balaban J connectivity index is 1.52. The largest absolute Gasteiger partial charge is 0.314 e. The van der Waals surface area contributed by atoms with E-state index in [1.54, 1.807) is 0 Å². The number of hydrogen-bond acceptors (Lipinski definition) is 3. The van der Waals surface area contributed by atoms with Crippen molar-refractivity contribution in [2.75, 3.05) is 45.8 Å². The van der Waals surface area contributed by atoms with Gasteiger partial charge in [0, 0.05) is 38.8 Å². The first-order chi connectivity index (χ1) is 9.31. The van der Waals surface area contributed by atoms with Crippen LogP contribution in [-0.4, -0.2) is 61.7 Å². The van der Waals surface area contributed by atoms with E-state index < -0.39 is 0 Å². The summed E-state index contributed by atoms with van der Waals surface area (Å²) in [7, 11) is 0. The molecular weight excluding hydrogens is 234 g/mol. The highest BCUT2D eigenvalue weighted by Gasteiger charge is 2.26. The van der Waals surface area contributed by atoms with Crippen molar-refractivity contribution in [1.29, 1.82) is 0 Å². The standard InChI is InChI=1S/C16H33N3/c1-3-16(17-4-2)6-5-9-18-10-12-19(13-11-18)14-15-7-8-15/h15-17H,3-14H2,1-2H3. The fraction of sp³-hybridized carbons (Fsp3) is 1.00. The summed E-state index contributed by atoms with van der Waals surface area (Å²) in [5.74, 6) is 1.05. The summed E-state index contributed by atoms with van der Waals surface area (Å²) >= 11 is 0. The van der Waals surface area contributed by atoms with Gasteiger partial charge in [-0.05, 0) is 51.1 Å². The molecule has 3 heteroatoms. The molecule has 1 saturated carbocycles. The molecule has 112 valence electrons. The van der Waals surface area contributed by atoms with Crippen LogP contribution in [-0.2, 0) is 0 Å². The third kappa shape index (κ3) is 5.80. The van der Waals surface area contributed by atoms with Gasteiger partial charge in [0.25, 0.3) is 0 Å². The number of nitrogens with zero attached hydrogens (tertiary/aromatic N) is 2. The molecule has 2 fully saturated rings. The second-order valence-corrected chi connectivity index (χ2v) is 6.39. The minimum absolute atomic E-state index is 0.737. The maximum absolute atomic E-state index is 3.58. The second-order valence-electron chi connectivity index (χ2n) is 6.39. The molecule has 0 aromatic rings. The van der Waals surface area contributed by atoms with Crippen LogP contribution in [0.15, 0.2) is 0 Å². The molecule has 19 heavy (non-hydrogen) atoms. The Morgan fingerprint density at radius 2 is 1.74 bits per heavy atom. The number of nitrogens with one attached hydrogen (secondary N) is 1. The second kappa shape index (κ2) is 8.23. The smallest absolute Gasteiger partial charge is 0.0110 e. The van der Waals surface area contributed by atoms with Crippen LogP contribution in [0.2, 0.25) is 0 Å². The van der Waals surface area contributed by atoms with Crippen molar-refractivity contribution in [3.8, 4) is 0 Å². The molecule has 1 unspecified atom stereocenters. The first-order valence-electron chi connectivity index (χ1n) is 8.50. The van der Waals surface area contributed by atoms with Gasteiger partial charge in [-0.1, -0.05) is 13.8 Å². The van der Waals surface area contributed by atoms with Crippen LogP contribution in [0.25, 0.3) is 0 Å². The average Bonchev–Trinajstić information content (AvgIpc) is 3.24. The first-order valence-corrected chi connectivity index (χ1v) is 8.50. The molecule has 0 bridgehead atoms. The van der Waals surface area contributed by atoms with Crippen molar-refractivity contribution in [2.24, 2.45) is 5.92 Å². The third-order valence-corrected chi connectivity index (χ3v) is 4.69. The normalized spacial score (nSPS) is 23.7. The summed E-state index contributed by atoms with van der Waals surface area (Å²) in [6, 6.07) is 0.737. The van der Waals surface area contributed by atoms with E-state index >= 15 is 0 Å². The maximum Gasteiger partial charge on any atom is 0.0110 e. The van der Waals surface area contributed by atoms with Gasteiger partial charge in [0.05, 0.1) is 0 Å². The van der Waals surface area contributed by atoms with Crippen LogP contribution in [0.4, 0.5) is 0 Å². The predicted octanol–water partition coefficient (Wildman–Crippen LogP) is 2.18. The SMILES string of the molecule is CCNC(CC)CCCN1CCN(CC2CC2)CC1. The van der Waals surface area contributed by atoms with E-state index in [1.165, 1.54) is 71.4 Å². The topological polar surface area (TPSA) is 18.5 Å². The summed E-state index contributed by atoms with van der Waals surface area (Å²) in [5.41, 5.74) is 0. The van der Waals surface area contributed by atoms with Crippen molar-refractivity contribution in [2.45, 2.75) is 52.0 Å². The number of piperazine rings is 1. The van der Waals surface area contributed by atoms with Crippen LogP contribution >= 0.6 is 0 Å². The van der Waals surface area contributed by atoms with Crippen LogP contribution in [0, 0.1) is 5.92 Å². The zero-order valence-corrected chi connectivity index (χ0v) is 13.0. The van der Waals surface area contributed by atoms with Gasteiger partial charge in [0.2, 0.25) is 0 Å². The van der Waals surface area contributed by atoms with E-state index in [0.29, 0.717) is 0 Å². The van der Waals surface area contributed by atoms with Gasteiger partial charge in [0.15, 0.2) is 0 Å². The molecule has 0 amide bonds. The molecule has 0 aromatic carbocycles. The van der Waals surface area contributed by atoms with Crippen LogP contribution in [0.5, 0.6) is 0 Å².